The number of aliphatic hydroxyl groups excluding tert-OH is 1. The fourth-order valence-corrected chi connectivity index (χ4v) is 3.06. The molecule has 1 aromatic carbocycles. The molecular weight excluding hydrogens is 220 g/mol. The average Bonchev–Trinajstić information content (AvgIpc) is 2.39. The summed E-state index contributed by atoms with van der Waals surface area (Å²) in [5.74, 6) is 1.27. The van der Waals surface area contributed by atoms with E-state index in [1.54, 1.807) is 5.56 Å². The fourth-order valence-electron chi connectivity index (χ4n) is 3.06. The Morgan fingerprint density at radius 3 is 2.39 bits per heavy atom. The van der Waals surface area contributed by atoms with E-state index in [2.05, 4.69) is 39.0 Å². The van der Waals surface area contributed by atoms with Crippen LogP contribution in [0.25, 0.3) is 0 Å². The molecule has 0 spiro atoms. The Labute approximate surface area is 111 Å². The maximum Gasteiger partial charge on any atom is 0.0540 e. The van der Waals surface area contributed by atoms with Gasteiger partial charge in [-0.3, -0.25) is 0 Å². The van der Waals surface area contributed by atoms with E-state index in [9.17, 15) is 5.11 Å². The highest BCUT2D eigenvalue weighted by Gasteiger charge is 2.22. The molecule has 1 heteroatoms. The number of benzene rings is 1. The van der Waals surface area contributed by atoms with Crippen molar-refractivity contribution in [3.63, 3.8) is 0 Å². The Balaban J connectivity index is 2.26. The molecule has 0 aromatic heterocycles. The van der Waals surface area contributed by atoms with Crippen LogP contribution in [0.1, 0.15) is 75.0 Å². The molecule has 1 saturated carbocycles. The lowest BCUT2D eigenvalue weighted by Crippen LogP contribution is -2.18. The van der Waals surface area contributed by atoms with Crippen LogP contribution in [0.4, 0.5) is 0 Å². The van der Waals surface area contributed by atoms with Crippen molar-refractivity contribution in [1.29, 1.82) is 0 Å². The van der Waals surface area contributed by atoms with Crippen LogP contribution in [0.5, 0.6) is 0 Å². The topological polar surface area (TPSA) is 20.2 Å². The second-order valence-electron chi connectivity index (χ2n) is 5.97. The molecule has 1 aromatic rings. The summed E-state index contributed by atoms with van der Waals surface area (Å²) in [7, 11) is 0. The second-order valence-corrected chi connectivity index (χ2v) is 5.97. The third-order valence-corrected chi connectivity index (χ3v) is 4.35. The third-order valence-electron chi connectivity index (χ3n) is 4.35. The molecule has 1 nitrogen and oxygen atoms in total. The average molecular weight is 246 g/mol. The summed E-state index contributed by atoms with van der Waals surface area (Å²) < 4.78 is 0. The van der Waals surface area contributed by atoms with E-state index in [1.165, 1.54) is 11.1 Å². The normalized spacial score (nSPS) is 24.5. The molecule has 1 aliphatic rings. The van der Waals surface area contributed by atoms with Gasteiger partial charge in [0.05, 0.1) is 6.10 Å². The predicted molar refractivity (Wildman–Crippen MR) is 77.1 cm³/mol. The van der Waals surface area contributed by atoms with Gasteiger partial charge in [-0.2, -0.15) is 0 Å². The zero-order chi connectivity index (χ0) is 13.1. The highest BCUT2D eigenvalue weighted by molar-refractivity contribution is 5.36. The van der Waals surface area contributed by atoms with Crippen molar-refractivity contribution in [2.75, 3.05) is 0 Å². The first-order valence-corrected chi connectivity index (χ1v) is 7.42. The van der Waals surface area contributed by atoms with Crippen LogP contribution < -0.4 is 0 Å². The number of hydrogen-bond donors (Lipinski definition) is 1. The highest BCUT2D eigenvalue weighted by Crippen LogP contribution is 2.36. The third kappa shape index (κ3) is 2.95. The van der Waals surface area contributed by atoms with Crippen LogP contribution in [-0.2, 0) is 6.42 Å². The molecule has 0 saturated heterocycles. The number of hydrogen-bond acceptors (Lipinski definition) is 1. The Bertz CT molecular complexity index is 387. The standard InChI is InChI=1S/C17H26O/c1-4-13-5-6-15(12(2)3)11-17(13)14-7-9-16(18)10-8-14/h5-6,11-12,14,16,18H,4,7-10H2,1-3H3. The minimum atomic E-state index is -0.0559. The first-order chi connectivity index (χ1) is 8.61. The zero-order valence-electron chi connectivity index (χ0n) is 11.9. The smallest absolute Gasteiger partial charge is 0.0540 e. The first kappa shape index (κ1) is 13.6. The lowest BCUT2D eigenvalue weighted by Gasteiger charge is -2.28. The summed E-state index contributed by atoms with van der Waals surface area (Å²) >= 11 is 0. The minimum absolute atomic E-state index is 0.0559. The van der Waals surface area contributed by atoms with Gasteiger partial charge in [0.25, 0.3) is 0 Å². The van der Waals surface area contributed by atoms with Crippen LogP contribution in [-0.4, -0.2) is 11.2 Å². The minimum Gasteiger partial charge on any atom is -0.393 e. The van der Waals surface area contributed by atoms with Crippen molar-refractivity contribution in [3.8, 4) is 0 Å². The van der Waals surface area contributed by atoms with E-state index in [1.807, 2.05) is 0 Å². The van der Waals surface area contributed by atoms with E-state index in [0.717, 1.165) is 32.1 Å². The molecule has 2 rings (SSSR count). The molecule has 0 radical (unpaired) electrons. The van der Waals surface area contributed by atoms with Crippen LogP contribution in [0.2, 0.25) is 0 Å². The van der Waals surface area contributed by atoms with Crippen molar-refractivity contribution >= 4 is 0 Å². The van der Waals surface area contributed by atoms with Crippen LogP contribution in [0.15, 0.2) is 18.2 Å². The summed E-state index contributed by atoms with van der Waals surface area (Å²) in [6.07, 6.45) is 5.30. The van der Waals surface area contributed by atoms with Gasteiger partial charge >= 0.3 is 0 Å². The Kier molecular flexibility index (Phi) is 4.45. The molecule has 0 bridgehead atoms. The quantitative estimate of drug-likeness (QED) is 0.838. The van der Waals surface area contributed by atoms with Gasteiger partial charge in [0.1, 0.15) is 0 Å². The summed E-state index contributed by atoms with van der Waals surface area (Å²) in [4.78, 5) is 0. The predicted octanol–water partition coefficient (Wildman–Crippen LogP) is 4.39. The lowest BCUT2D eigenvalue weighted by atomic mass is 9.79. The van der Waals surface area contributed by atoms with Gasteiger partial charge in [0, 0.05) is 0 Å². The van der Waals surface area contributed by atoms with E-state index < -0.39 is 0 Å². The number of aliphatic hydroxyl groups is 1. The summed E-state index contributed by atoms with van der Waals surface area (Å²) in [5.41, 5.74) is 4.50. The van der Waals surface area contributed by atoms with Crippen molar-refractivity contribution in [3.05, 3.63) is 34.9 Å². The highest BCUT2D eigenvalue weighted by atomic mass is 16.3. The van der Waals surface area contributed by atoms with Crippen molar-refractivity contribution in [2.45, 2.75) is 70.8 Å². The summed E-state index contributed by atoms with van der Waals surface area (Å²) in [6, 6.07) is 7.02. The van der Waals surface area contributed by atoms with Gasteiger partial charge < -0.3 is 5.11 Å². The largest absolute Gasteiger partial charge is 0.393 e. The molecule has 1 fully saturated rings. The molecule has 0 heterocycles. The monoisotopic (exact) mass is 246 g/mol. The van der Waals surface area contributed by atoms with E-state index in [-0.39, 0.29) is 6.10 Å². The lowest BCUT2D eigenvalue weighted by molar-refractivity contribution is 0.122. The van der Waals surface area contributed by atoms with Gasteiger partial charge in [-0.05, 0) is 60.6 Å². The Hall–Kier alpha value is -0.820. The van der Waals surface area contributed by atoms with Crippen LogP contribution in [0, 0.1) is 0 Å². The molecule has 1 N–H and O–H groups in total. The van der Waals surface area contributed by atoms with Gasteiger partial charge in [-0.15, -0.1) is 0 Å². The summed E-state index contributed by atoms with van der Waals surface area (Å²) in [5, 5.41) is 9.64. The van der Waals surface area contributed by atoms with Gasteiger partial charge in [0.15, 0.2) is 0 Å². The van der Waals surface area contributed by atoms with Gasteiger partial charge in [-0.1, -0.05) is 39.0 Å². The SMILES string of the molecule is CCc1ccc(C(C)C)cc1C1CCC(O)CC1. The molecule has 0 amide bonds. The maximum absolute atomic E-state index is 9.64. The van der Waals surface area contributed by atoms with Crippen LogP contribution in [0.3, 0.4) is 0 Å². The van der Waals surface area contributed by atoms with E-state index in [0.29, 0.717) is 11.8 Å². The molecule has 0 atom stereocenters. The van der Waals surface area contributed by atoms with Crippen molar-refractivity contribution < 1.29 is 5.11 Å². The van der Waals surface area contributed by atoms with E-state index in [4.69, 9.17) is 0 Å². The molecule has 0 aliphatic heterocycles. The summed E-state index contributed by atoms with van der Waals surface area (Å²) in [6.45, 7) is 6.76. The second kappa shape index (κ2) is 5.88. The van der Waals surface area contributed by atoms with Gasteiger partial charge in [-0.25, -0.2) is 0 Å². The Morgan fingerprint density at radius 2 is 1.83 bits per heavy atom. The molecule has 0 unspecified atom stereocenters. The fraction of sp³-hybridized carbons (Fsp3) is 0.647. The van der Waals surface area contributed by atoms with Gasteiger partial charge in [0.2, 0.25) is 0 Å². The number of rotatable bonds is 3. The molecule has 1 aliphatic carbocycles. The van der Waals surface area contributed by atoms with Crippen molar-refractivity contribution in [2.24, 2.45) is 0 Å². The van der Waals surface area contributed by atoms with Crippen molar-refractivity contribution in [1.82, 2.24) is 0 Å². The van der Waals surface area contributed by atoms with Crippen LogP contribution >= 0.6 is 0 Å². The first-order valence-electron chi connectivity index (χ1n) is 7.42. The molecule has 18 heavy (non-hydrogen) atoms. The Morgan fingerprint density at radius 1 is 1.17 bits per heavy atom. The van der Waals surface area contributed by atoms with E-state index >= 15 is 0 Å². The number of aryl methyl sites for hydroxylation is 1. The molecule has 100 valence electrons. The maximum atomic E-state index is 9.64. The zero-order valence-corrected chi connectivity index (χ0v) is 11.9. The molecular formula is C17H26O.